The minimum absolute atomic E-state index is 0.266. The average Bonchev–Trinajstić information content (AvgIpc) is 2.43. The van der Waals surface area contributed by atoms with Crippen LogP contribution in [0.25, 0.3) is 11.0 Å². The van der Waals surface area contributed by atoms with E-state index in [0.717, 1.165) is 22.2 Å². The minimum Gasteiger partial charge on any atom is -0.435 e. The molecule has 3 aromatic rings. The monoisotopic (exact) mass is 299 g/mol. The number of rotatable bonds is 2. The largest absolute Gasteiger partial charge is 0.435 e. The quantitative estimate of drug-likeness (QED) is 0.767. The van der Waals surface area contributed by atoms with E-state index >= 15 is 0 Å². The molecule has 0 saturated heterocycles. The Morgan fingerprint density at radius 2 is 1.57 bits per heavy atom. The molecule has 5 heteroatoms. The Balaban J connectivity index is 2.08. The fourth-order valence-corrected chi connectivity index (χ4v) is 2.56. The number of nitrogens with two attached hydrogens (primary N) is 1. The summed E-state index contributed by atoms with van der Waals surface area (Å²) in [5.41, 5.74) is 9.27. The zero-order valence-electron chi connectivity index (χ0n) is 11.7. The van der Waals surface area contributed by atoms with Gasteiger partial charge in [0.05, 0.1) is 11.0 Å². The van der Waals surface area contributed by atoms with Gasteiger partial charge in [-0.3, -0.25) is 0 Å². The Kier molecular flexibility index (Phi) is 3.39. The van der Waals surface area contributed by atoms with E-state index in [2.05, 4.69) is 9.97 Å². The van der Waals surface area contributed by atoms with Gasteiger partial charge in [0.15, 0.2) is 5.82 Å². The van der Waals surface area contributed by atoms with Crippen LogP contribution in [0.3, 0.4) is 0 Å². The molecule has 3 rings (SSSR count). The van der Waals surface area contributed by atoms with Crippen LogP contribution in [0.1, 0.15) is 11.1 Å². The summed E-state index contributed by atoms with van der Waals surface area (Å²) in [7, 11) is 0. The van der Waals surface area contributed by atoms with E-state index in [4.69, 9.17) is 22.1 Å². The summed E-state index contributed by atoms with van der Waals surface area (Å²) < 4.78 is 5.88. The fraction of sp³-hybridized carbons (Fsp3) is 0.125. The van der Waals surface area contributed by atoms with E-state index in [9.17, 15) is 0 Å². The Morgan fingerprint density at radius 3 is 2.19 bits per heavy atom. The van der Waals surface area contributed by atoms with E-state index in [1.165, 1.54) is 0 Å². The van der Waals surface area contributed by atoms with Crippen LogP contribution in [0.2, 0.25) is 5.02 Å². The van der Waals surface area contributed by atoms with Gasteiger partial charge in [0.1, 0.15) is 5.75 Å². The first-order chi connectivity index (χ1) is 10.0. The van der Waals surface area contributed by atoms with Crippen molar-refractivity contribution in [1.82, 2.24) is 9.97 Å². The molecule has 2 N–H and O–H groups in total. The predicted octanol–water partition coefficient (Wildman–Crippen LogP) is 4.27. The first-order valence-corrected chi connectivity index (χ1v) is 6.89. The molecule has 1 heterocycles. The van der Waals surface area contributed by atoms with Crippen molar-refractivity contribution in [2.24, 2.45) is 0 Å². The lowest BCUT2D eigenvalue weighted by Crippen LogP contribution is -2.01. The Bertz CT molecular complexity index is 810. The number of aryl methyl sites for hydroxylation is 2. The highest BCUT2D eigenvalue weighted by Gasteiger charge is 2.12. The normalized spacial score (nSPS) is 10.8. The maximum atomic E-state index is 6.03. The van der Waals surface area contributed by atoms with E-state index in [-0.39, 0.29) is 5.82 Å². The first kappa shape index (κ1) is 13.6. The van der Waals surface area contributed by atoms with Crippen molar-refractivity contribution >= 4 is 28.5 Å². The van der Waals surface area contributed by atoms with Gasteiger partial charge in [0.25, 0.3) is 5.88 Å². The topological polar surface area (TPSA) is 61.0 Å². The molecule has 0 saturated carbocycles. The van der Waals surface area contributed by atoms with Crippen molar-refractivity contribution in [3.63, 3.8) is 0 Å². The number of aromatic nitrogens is 2. The van der Waals surface area contributed by atoms with E-state index < -0.39 is 0 Å². The van der Waals surface area contributed by atoms with Gasteiger partial charge < -0.3 is 10.5 Å². The third-order valence-electron chi connectivity index (χ3n) is 3.19. The SMILES string of the molecule is Cc1cc(Cl)cc(C)c1Oc1nc2ccccc2nc1N. The average molecular weight is 300 g/mol. The van der Waals surface area contributed by atoms with Crippen molar-refractivity contribution in [2.45, 2.75) is 13.8 Å². The van der Waals surface area contributed by atoms with Crippen molar-refractivity contribution in [1.29, 1.82) is 0 Å². The number of hydrogen-bond donors (Lipinski definition) is 1. The number of para-hydroxylation sites is 2. The summed E-state index contributed by atoms with van der Waals surface area (Å²) in [6.45, 7) is 3.86. The van der Waals surface area contributed by atoms with Gasteiger partial charge in [-0.25, -0.2) is 9.97 Å². The van der Waals surface area contributed by atoms with Crippen molar-refractivity contribution in [3.05, 3.63) is 52.5 Å². The highest BCUT2D eigenvalue weighted by molar-refractivity contribution is 6.30. The number of ether oxygens (including phenoxy) is 1. The molecule has 0 atom stereocenters. The molecular formula is C16H14ClN3O. The molecule has 0 bridgehead atoms. The van der Waals surface area contributed by atoms with Crippen LogP contribution >= 0.6 is 11.6 Å². The molecule has 21 heavy (non-hydrogen) atoms. The van der Waals surface area contributed by atoms with Gasteiger partial charge in [-0.15, -0.1) is 0 Å². The van der Waals surface area contributed by atoms with Crippen LogP contribution in [-0.2, 0) is 0 Å². The minimum atomic E-state index is 0.266. The Hall–Kier alpha value is -2.33. The van der Waals surface area contributed by atoms with Gasteiger partial charge in [0, 0.05) is 5.02 Å². The highest BCUT2D eigenvalue weighted by Crippen LogP contribution is 2.33. The second kappa shape index (κ2) is 5.22. The summed E-state index contributed by atoms with van der Waals surface area (Å²) in [5, 5.41) is 0.676. The highest BCUT2D eigenvalue weighted by atomic mass is 35.5. The number of nitrogens with zero attached hydrogens (tertiary/aromatic N) is 2. The van der Waals surface area contributed by atoms with Gasteiger partial charge in [-0.2, -0.15) is 0 Å². The zero-order chi connectivity index (χ0) is 15.0. The van der Waals surface area contributed by atoms with Gasteiger partial charge in [-0.05, 0) is 49.2 Å². The van der Waals surface area contributed by atoms with Crippen LogP contribution in [0.4, 0.5) is 5.82 Å². The number of anilines is 1. The summed E-state index contributed by atoms with van der Waals surface area (Å²) in [4.78, 5) is 8.74. The fourth-order valence-electron chi connectivity index (χ4n) is 2.23. The zero-order valence-corrected chi connectivity index (χ0v) is 12.5. The van der Waals surface area contributed by atoms with E-state index in [1.54, 1.807) is 0 Å². The lowest BCUT2D eigenvalue weighted by molar-refractivity contribution is 0.459. The predicted molar refractivity (Wildman–Crippen MR) is 85.0 cm³/mol. The number of fused-ring (bicyclic) bond motifs is 1. The van der Waals surface area contributed by atoms with Crippen molar-refractivity contribution < 1.29 is 4.74 Å². The summed E-state index contributed by atoms with van der Waals surface area (Å²) in [5.74, 6) is 1.28. The van der Waals surface area contributed by atoms with Gasteiger partial charge >= 0.3 is 0 Å². The molecular weight excluding hydrogens is 286 g/mol. The van der Waals surface area contributed by atoms with E-state index in [0.29, 0.717) is 16.7 Å². The summed E-state index contributed by atoms with van der Waals surface area (Å²) >= 11 is 6.03. The summed E-state index contributed by atoms with van der Waals surface area (Å²) in [6.07, 6.45) is 0. The van der Waals surface area contributed by atoms with Gasteiger partial charge in [0.2, 0.25) is 0 Å². The number of nitrogen functional groups attached to an aromatic ring is 1. The number of benzene rings is 2. The van der Waals surface area contributed by atoms with Crippen LogP contribution in [0.5, 0.6) is 11.6 Å². The molecule has 2 aromatic carbocycles. The summed E-state index contributed by atoms with van der Waals surface area (Å²) in [6, 6.07) is 11.2. The molecule has 0 fully saturated rings. The second-order valence-electron chi connectivity index (χ2n) is 4.87. The second-order valence-corrected chi connectivity index (χ2v) is 5.31. The smallest absolute Gasteiger partial charge is 0.263 e. The van der Waals surface area contributed by atoms with Crippen molar-refractivity contribution in [2.75, 3.05) is 5.73 Å². The third kappa shape index (κ3) is 2.62. The molecule has 0 aliphatic heterocycles. The van der Waals surface area contributed by atoms with Crippen LogP contribution in [-0.4, -0.2) is 9.97 Å². The van der Waals surface area contributed by atoms with E-state index in [1.807, 2.05) is 50.2 Å². The molecule has 106 valence electrons. The lowest BCUT2D eigenvalue weighted by Gasteiger charge is -2.13. The molecule has 0 radical (unpaired) electrons. The Morgan fingerprint density at radius 1 is 1.00 bits per heavy atom. The molecule has 0 amide bonds. The molecule has 4 nitrogen and oxygen atoms in total. The first-order valence-electron chi connectivity index (χ1n) is 6.51. The van der Waals surface area contributed by atoms with Crippen molar-refractivity contribution in [3.8, 4) is 11.6 Å². The molecule has 0 spiro atoms. The van der Waals surface area contributed by atoms with Gasteiger partial charge in [-0.1, -0.05) is 23.7 Å². The number of halogens is 1. The molecule has 1 aromatic heterocycles. The third-order valence-corrected chi connectivity index (χ3v) is 3.41. The molecule has 0 unspecified atom stereocenters. The standard InChI is InChI=1S/C16H14ClN3O/c1-9-7-11(17)8-10(2)14(9)21-16-15(18)19-12-5-3-4-6-13(12)20-16/h3-8H,1-2H3,(H2,18,19). The molecule has 0 aliphatic rings. The van der Waals surface area contributed by atoms with Crippen LogP contribution in [0.15, 0.2) is 36.4 Å². The maximum absolute atomic E-state index is 6.03. The maximum Gasteiger partial charge on any atom is 0.263 e. The molecule has 0 aliphatic carbocycles. The van der Waals surface area contributed by atoms with Crippen LogP contribution < -0.4 is 10.5 Å². The lowest BCUT2D eigenvalue weighted by atomic mass is 10.1. The Labute approximate surface area is 127 Å². The van der Waals surface area contributed by atoms with Crippen LogP contribution in [0, 0.1) is 13.8 Å². The number of hydrogen-bond acceptors (Lipinski definition) is 4.